The van der Waals surface area contributed by atoms with Gasteiger partial charge in [-0.3, -0.25) is 4.79 Å². The van der Waals surface area contributed by atoms with E-state index in [4.69, 9.17) is 18.9 Å². The second-order valence-corrected chi connectivity index (χ2v) is 8.14. The fourth-order valence-electron chi connectivity index (χ4n) is 4.18. The number of phenols is 2. The van der Waals surface area contributed by atoms with Crippen molar-refractivity contribution in [2.75, 3.05) is 13.7 Å². The number of fused-ring (bicyclic) bond motifs is 2. The van der Waals surface area contributed by atoms with E-state index in [0.717, 1.165) is 0 Å². The molecule has 1 fully saturated rings. The average molecular weight is 450 g/mol. The third-order valence-corrected chi connectivity index (χ3v) is 6.14. The second kappa shape index (κ2) is 8.38. The molecule has 0 radical (unpaired) electrons. The molecule has 2 aliphatic heterocycles. The Labute approximate surface area is 183 Å². The molecular weight excluding hydrogens is 424 g/mol. The van der Waals surface area contributed by atoms with Gasteiger partial charge in [-0.15, -0.1) is 0 Å². The highest BCUT2D eigenvalue weighted by Gasteiger charge is 2.46. The van der Waals surface area contributed by atoms with E-state index in [0.29, 0.717) is 5.39 Å². The minimum Gasteiger partial charge on any atom is -0.508 e. The van der Waals surface area contributed by atoms with Gasteiger partial charge < -0.3 is 44.5 Å². The second-order valence-electron chi connectivity index (χ2n) is 8.14. The van der Waals surface area contributed by atoms with Gasteiger partial charge in [-0.1, -0.05) is 6.92 Å². The molecule has 7 atom stereocenters. The highest BCUT2D eigenvalue weighted by atomic mass is 16.7. The predicted molar refractivity (Wildman–Crippen MR) is 110 cm³/mol. The van der Waals surface area contributed by atoms with E-state index in [1.807, 2.05) is 0 Å². The van der Waals surface area contributed by atoms with Gasteiger partial charge in [0.15, 0.2) is 5.78 Å². The molecule has 0 amide bonds. The van der Waals surface area contributed by atoms with Crippen LogP contribution in [0.15, 0.2) is 18.2 Å². The number of hydrogen-bond donors (Lipinski definition) is 5. The van der Waals surface area contributed by atoms with Crippen molar-refractivity contribution in [2.24, 2.45) is 5.92 Å². The van der Waals surface area contributed by atoms with E-state index in [-0.39, 0.29) is 34.0 Å². The number of rotatable bonds is 4. The van der Waals surface area contributed by atoms with Crippen LogP contribution in [-0.4, -0.2) is 81.8 Å². The van der Waals surface area contributed by atoms with E-state index in [2.05, 4.69) is 0 Å². The summed E-state index contributed by atoms with van der Waals surface area (Å²) in [5.41, 5.74) is -0.00327. The number of hydrogen-bond acceptors (Lipinski definition) is 10. The molecular formula is C22H26O10. The number of aliphatic hydroxyl groups is 3. The molecule has 2 aromatic rings. The maximum absolute atomic E-state index is 12.8. The van der Waals surface area contributed by atoms with Gasteiger partial charge in [0.1, 0.15) is 59.1 Å². The van der Waals surface area contributed by atoms with E-state index in [9.17, 15) is 30.3 Å². The molecule has 1 saturated heterocycles. The Balaban J connectivity index is 1.79. The van der Waals surface area contributed by atoms with Crippen LogP contribution >= 0.6 is 0 Å². The number of ketones is 1. The number of aliphatic hydroxyl groups excluding tert-OH is 3. The molecule has 0 saturated carbocycles. The van der Waals surface area contributed by atoms with Gasteiger partial charge in [0.05, 0.1) is 17.9 Å². The zero-order valence-corrected chi connectivity index (χ0v) is 17.8. The van der Waals surface area contributed by atoms with Gasteiger partial charge >= 0.3 is 0 Å². The molecule has 10 nitrogen and oxygen atoms in total. The van der Waals surface area contributed by atoms with Crippen molar-refractivity contribution in [1.29, 1.82) is 0 Å². The summed E-state index contributed by atoms with van der Waals surface area (Å²) >= 11 is 0. The first-order chi connectivity index (χ1) is 15.2. The molecule has 2 aliphatic rings. The van der Waals surface area contributed by atoms with Crippen molar-refractivity contribution < 1.29 is 49.3 Å². The highest BCUT2D eigenvalue weighted by Crippen LogP contribution is 2.46. The normalized spacial score (nSPS) is 32.4. The summed E-state index contributed by atoms with van der Waals surface area (Å²) in [6, 6.07) is 4.07. The molecule has 5 N–H and O–H groups in total. The number of carbonyl (C=O) groups is 1. The Bertz CT molecular complexity index is 1040. The predicted octanol–water partition coefficient (Wildman–Crippen LogP) is 0.683. The number of phenolic OH excluding ortho intramolecular Hbond substituents is 2. The van der Waals surface area contributed by atoms with Crippen LogP contribution in [0.1, 0.15) is 24.2 Å². The fourth-order valence-corrected chi connectivity index (χ4v) is 4.18. The average Bonchev–Trinajstić information content (AvgIpc) is 2.74. The molecule has 174 valence electrons. The van der Waals surface area contributed by atoms with Gasteiger partial charge in [-0.2, -0.15) is 0 Å². The summed E-state index contributed by atoms with van der Waals surface area (Å²) < 4.78 is 22.2. The summed E-state index contributed by atoms with van der Waals surface area (Å²) in [7, 11) is 1.30. The summed E-state index contributed by atoms with van der Waals surface area (Å²) in [4.78, 5) is 12.8. The number of benzene rings is 2. The van der Waals surface area contributed by atoms with Crippen molar-refractivity contribution >= 4 is 16.6 Å². The standard InChI is InChI=1S/C22H26O10/c1-8-9(2)30-12-5-10-4-11(24)6-13(15(10)18(26)16(12)17(8)25)31-22-20(28)19(27)21(29-3)14(7-23)32-22/h4-6,8-9,14,19-24,26-28H,7H2,1-3H3/t8-,9-,14+,19+,20+,21+,22+/m0/s1. The molecule has 2 heterocycles. The van der Waals surface area contributed by atoms with Crippen molar-refractivity contribution in [3.63, 3.8) is 0 Å². The van der Waals surface area contributed by atoms with E-state index in [1.54, 1.807) is 13.8 Å². The van der Waals surface area contributed by atoms with E-state index < -0.39 is 55.1 Å². The van der Waals surface area contributed by atoms with E-state index >= 15 is 0 Å². The number of aromatic hydroxyl groups is 2. The van der Waals surface area contributed by atoms with E-state index in [1.165, 1.54) is 25.3 Å². The Morgan fingerprint density at radius 1 is 1.09 bits per heavy atom. The summed E-state index contributed by atoms with van der Waals surface area (Å²) in [5, 5.41) is 52.0. The smallest absolute Gasteiger partial charge is 0.229 e. The quantitative estimate of drug-likeness (QED) is 0.449. The Morgan fingerprint density at radius 2 is 1.81 bits per heavy atom. The molecule has 0 aromatic heterocycles. The lowest BCUT2D eigenvalue weighted by Crippen LogP contribution is -2.60. The van der Waals surface area contributed by atoms with Gasteiger partial charge in [-0.05, 0) is 24.4 Å². The zero-order chi connectivity index (χ0) is 23.3. The summed E-state index contributed by atoms with van der Waals surface area (Å²) in [6.07, 6.45) is -6.83. The molecule has 0 unspecified atom stereocenters. The summed E-state index contributed by atoms with van der Waals surface area (Å²) in [6.45, 7) is 2.94. The maximum atomic E-state index is 12.8. The van der Waals surface area contributed by atoms with Crippen LogP contribution in [-0.2, 0) is 9.47 Å². The van der Waals surface area contributed by atoms with Crippen molar-refractivity contribution in [1.82, 2.24) is 0 Å². The van der Waals surface area contributed by atoms with Gasteiger partial charge in [0, 0.05) is 13.2 Å². The monoisotopic (exact) mass is 450 g/mol. The maximum Gasteiger partial charge on any atom is 0.229 e. The van der Waals surface area contributed by atoms with Gasteiger partial charge in [-0.25, -0.2) is 0 Å². The third kappa shape index (κ3) is 3.54. The lowest BCUT2D eigenvalue weighted by molar-refractivity contribution is -0.281. The lowest BCUT2D eigenvalue weighted by atomic mass is 9.89. The van der Waals surface area contributed by atoms with Crippen LogP contribution in [0.3, 0.4) is 0 Å². The number of Topliss-reactive ketones (excluding diaryl/α,β-unsaturated/α-hetero) is 1. The first-order valence-electron chi connectivity index (χ1n) is 10.2. The summed E-state index contributed by atoms with van der Waals surface area (Å²) in [5.74, 6) is -1.30. The topological polar surface area (TPSA) is 155 Å². The first kappa shape index (κ1) is 22.6. The zero-order valence-electron chi connectivity index (χ0n) is 17.8. The minimum atomic E-state index is -1.56. The van der Waals surface area contributed by atoms with Crippen LogP contribution in [0.5, 0.6) is 23.0 Å². The minimum absolute atomic E-state index is 0.00327. The van der Waals surface area contributed by atoms with Crippen LogP contribution < -0.4 is 9.47 Å². The number of ether oxygens (including phenoxy) is 4. The van der Waals surface area contributed by atoms with Crippen molar-refractivity contribution in [2.45, 2.75) is 50.7 Å². The van der Waals surface area contributed by atoms with Crippen LogP contribution in [0.4, 0.5) is 0 Å². The molecule has 32 heavy (non-hydrogen) atoms. The molecule has 2 aromatic carbocycles. The Hall–Kier alpha value is -2.63. The lowest BCUT2D eigenvalue weighted by Gasteiger charge is -2.41. The highest BCUT2D eigenvalue weighted by molar-refractivity contribution is 6.10. The van der Waals surface area contributed by atoms with Crippen molar-refractivity contribution in [3.8, 4) is 23.0 Å². The fraction of sp³-hybridized carbons (Fsp3) is 0.500. The number of carbonyl (C=O) groups excluding carboxylic acids is 1. The molecule has 4 rings (SSSR count). The Morgan fingerprint density at radius 3 is 2.47 bits per heavy atom. The first-order valence-corrected chi connectivity index (χ1v) is 10.2. The molecule has 0 bridgehead atoms. The SMILES string of the molecule is CO[C@H]1[C@H](O)[C@@H](O)[C@H](Oc2cc(O)cc3cc4c(c(O)c23)C(=O)[C@@H](C)[C@H](C)O4)O[C@@H]1CO. The Kier molecular flexibility index (Phi) is 5.91. The molecule has 0 aliphatic carbocycles. The molecule has 0 spiro atoms. The van der Waals surface area contributed by atoms with Crippen molar-refractivity contribution in [3.05, 3.63) is 23.8 Å². The number of methoxy groups -OCH3 is 1. The molecule has 10 heteroatoms. The van der Waals surface area contributed by atoms with Crippen LogP contribution in [0.2, 0.25) is 0 Å². The third-order valence-electron chi connectivity index (χ3n) is 6.14. The van der Waals surface area contributed by atoms with Gasteiger partial charge in [0.2, 0.25) is 6.29 Å². The van der Waals surface area contributed by atoms with Crippen LogP contribution in [0.25, 0.3) is 10.8 Å². The van der Waals surface area contributed by atoms with Gasteiger partial charge in [0.25, 0.3) is 0 Å². The van der Waals surface area contributed by atoms with Crippen LogP contribution in [0, 0.1) is 5.92 Å². The largest absolute Gasteiger partial charge is 0.508 e.